The van der Waals surface area contributed by atoms with Crippen molar-refractivity contribution in [3.63, 3.8) is 0 Å². The second kappa shape index (κ2) is 8.84. The molecule has 9 heteroatoms. The average Bonchev–Trinajstić information content (AvgIpc) is 2.60. The Morgan fingerprint density at radius 2 is 1.93 bits per heavy atom. The minimum atomic E-state index is -0.966. The molecular weight excluding hydrogens is 360 g/mol. The van der Waals surface area contributed by atoms with E-state index >= 15 is 0 Å². The predicted octanol–water partition coefficient (Wildman–Crippen LogP) is 3.33. The molecule has 2 aromatic rings. The molecule has 0 fully saturated rings. The third kappa shape index (κ3) is 5.30. The highest BCUT2D eigenvalue weighted by molar-refractivity contribution is 5.94. The molecule has 142 valence electrons. The third-order valence-corrected chi connectivity index (χ3v) is 3.82. The zero-order valence-electron chi connectivity index (χ0n) is 14.4. The standard InChI is InChI=1S/C18H17F2N3O4/c1-11-15(4-2-5-16(11)23(26)27)22-17(24)6-3-9-21-18(25)13-8-7-12(19)10-14(13)20/h2,4-5,7-8,10H,3,6,9H2,1H3,(H,21,25)(H,22,24). The maximum absolute atomic E-state index is 13.5. The number of nitrogens with zero attached hydrogens (tertiary/aromatic N) is 1. The van der Waals surface area contributed by atoms with E-state index in [4.69, 9.17) is 0 Å². The molecule has 2 aromatic carbocycles. The van der Waals surface area contributed by atoms with Gasteiger partial charge in [-0.15, -0.1) is 0 Å². The summed E-state index contributed by atoms with van der Waals surface area (Å²) >= 11 is 0. The quantitative estimate of drug-likeness (QED) is 0.439. The Balaban J connectivity index is 1.82. The summed E-state index contributed by atoms with van der Waals surface area (Å²) in [6.45, 7) is 1.64. The zero-order valence-corrected chi connectivity index (χ0v) is 14.4. The number of amides is 2. The Morgan fingerprint density at radius 3 is 2.59 bits per heavy atom. The van der Waals surface area contributed by atoms with Gasteiger partial charge in [-0.3, -0.25) is 19.7 Å². The van der Waals surface area contributed by atoms with Crippen molar-refractivity contribution in [2.45, 2.75) is 19.8 Å². The molecule has 2 amide bonds. The number of anilines is 1. The van der Waals surface area contributed by atoms with Crippen LogP contribution in [0.5, 0.6) is 0 Å². The van der Waals surface area contributed by atoms with Crippen LogP contribution in [0.25, 0.3) is 0 Å². The Bertz CT molecular complexity index is 887. The smallest absolute Gasteiger partial charge is 0.274 e. The van der Waals surface area contributed by atoms with Gasteiger partial charge in [-0.05, 0) is 31.5 Å². The zero-order chi connectivity index (χ0) is 20.0. The monoisotopic (exact) mass is 377 g/mol. The van der Waals surface area contributed by atoms with Crippen molar-refractivity contribution >= 4 is 23.2 Å². The molecule has 0 aromatic heterocycles. The van der Waals surface area contributed by atoms with Crippen molar-refractivity contribution in [2.75, 3.05) is 11.9 Å². The van der Waals surface area contributed by atoms with Crippen LogP contribution in [0.15, 0.2) is 36.4 Å². The van der Waals surface area contributed by atoms with Gasteiger partial charge in [0.25, 0.3) is 11.6 Å². The number of hydrogen-bond acceptors (Lipinski definition) is 4. The molecule has 2 N–H and O–H groups in total. The minimum Gasteiger partial charge on any atom is -0.352 e. The van der Waals surface area contributed by atoms with Crippen LogP contribution < -0.4 is 10.6 Å². The highest BCUT2D eigenvalue weighted by atomic mass is 19.1. The van der Waals surface area contributed by atoms with Gasteiger partial charge in [0.15, 0.2) is 0 Å². The molecule has 27 heavy (non-hydrogen) atoms. The van der Waals surface area contributed by atoms with E-state index in [1.807, 2.05) is 0 Å². The van der Waals surface area contributed by atoms with Crippen molar-refractivity contribution in [3.05, 3.63) is 69.3 Å². The van der Waals surface area contributed by atoms with Crippen LogP contribution in [0, 0.1) is 28.7 Å². The number of rotatable bonds is 7. The molecule has 0 radical (unpaired) electrons. The fourth-order valence-electron chi connectivity index (χ4n) is 2.39. The number of carbonyl (C=O) groups excluding carboxylic acids is 2. The summed E-state index contributed by atoms with van der Waals surface area (Å²) in [5.41, 5.74) is 0.303. The molecule has 0 spiro atoms. The second-order valence-corrected chi connectivity index (χ2v) is 5.74. The molecule has 7 nitrogen and oxygen atoms in total. The third-order valence-electron chi connectivity index (χ3n) is 3.82. The topological polar surface area (TPSA) is 101 Å². The van der Waals surface area contributed by atoms with Crippen LogP contribution in [0.2, 0.25) is 0 Å². The van der Waals surface area contributed by atoms with Gasteiger partial charge in [0.05, 0.1) is 21.7 Å². The van der Waals surface area contributed by atoms with Gasteiger partial charge in [0.2, 0.25) is 5.91 Å². The van der Waals surface area contributed by atoms with Crippen LogP contribution in [-0.4, -0.2) is 23.3 Å². The van der Waals surface area contributed by atoms with Crippen molar-refractivity contribution < 1.29 is 23.3 Å². The molecule has 0 saturated carbocycles. The van der Waals surface area contributed by atoms with Gasteiger partial charge < -0.3 is 10.6 Å². The number of halogens is 2. The Kier molecular flexibility index (Phi) is 6.53. The van der Waals surface area contributed by atoms with Crippen LogP contribution in [0.3, 0.4) is 0 Å². The molecular formula is C18H17F2N3O4. The first-order chi connectivity index (χ1) is 12.8. The van der Waals surface area contributed by atoms with Crippen molar-refractivity contribution in [2.24, 2.45) is 0 Å². The van der Waals surface area contributed by atoms with Crippen LogP contribution in [0.1, 0.15) is 28.8 Å². The average molecular weight is 377 g/mol. The lowest BCUT2D eigenvalue weighted by molar-refractivity contribution is -0.385. The minimum absolute atomic E-state index is 0.0499. The summed E-state index contributed by atoms with van der Waals surface area (Å²) in [4.78, 5) is 34.1. The largest absolute Gasteiger partial charge is 0.352 e. The lowest BCUT2D eigenvalue weighted by Crippen LogP contribution is -2.26. The molecule has 0 saturated heterocycles. The van der Waals surface area contributed by atoms with E-state index in [1.54, 1.807) is 6.07 Å². The van der Waals surface area contributed by atoms with Crippen LogP contribution >= 0.6 is 0 Å². The molecule has 0 atom stereocenters. The summed E-state index contributed by atoms with van der Waals surface area (Å²) < 4.78 is 26.3. The first-order valence-corrected chi connectivity index (χ1v) is 8.06. The molecule has 0 aliphatic heterocycles. The fourth-order valence-corrected chi connectivity index (χ4v) is 2.39. The summed E-state index contributed by atoms with van der Waals surface area (Å²) in [5.74, 6) is -2.83. The highest BCUT2D eigenvalue weighted by Crippen LogP contribution is 2.25. The Hall–Kier alpha value is -3.36. The van der Waals surface area contributed by atoms with Gasteiger partial charge in [-0.1, -0.05) is 6.07 Å². The number of nitrogens with one attached hydrogen (secondary N) is 2. The first-order valence-electron chi connectivity index (χ1n) is 8.06. The van der Waals surface area contributed by atoms with E-state index in [-0.39, 0.29) is 36.5 Å². The number of nitro groups is 1. The predicted molar refractivity (Wildman–Crippen MR) is 94.4 cm³/mol. The van der Waals surface area contributed by atoms with Gasteiger partial charge >= 0.3 is 0 Å². The van der Waals surface area contributed by atoms with Crippen molar-refractivity contribution in [1.82, 2.24) is 5.32 Å². The maximum Gasteiger partial charge on any atom is 0.274 e. The first kappa shape index (κ1) is 20.0. The van der Waals surface area contributed by atoms with Crippen molar-refractivity contribution in [3.8, 4) is 0 Å². The number of hydrogen-bond donors (Lipinski definition) is 2. The summed E-state index contributed by atoms with van der Waals surface area (Å²) in [7, 11) is 0. The highest BCUT2D eigenvalue weighted by Gasteiger charge is 2.15. The van der Waals surface area contributed by atoms with E-state index in [0.29, 0.717) is 17.3 Å². The maximum atomic E-state index is 13.5. The number of benzene rings is 2. The van der Waals surface area contributed by atoms with Crippen LogP contribution in [-0.2, 0) is 4.79 Å². The van der Waals surface area contributed by atoms with Crippen LogP contribution in [0.4, 0.5) is 20.2 Å². The molecule has 2 rings (SSSR count). The summed E-state index contributed by atoms with van der Waals surface area (Å²) in [6, 6.07) is 7.00. The van der Waals surface area contributed by atoms with Gasteiger partial charge in [-0.25, -0.2) is 8.78 Å². The number of nitro benzene ring substituents is 1. The molecule has 0 bridgehead atoms. The van der Waals surface area contributed by atoms with Gasteiger partial charge in [-0.2, -0.15) is 0 Å². The van der Waals surface area contributed by atoms with E-state index in [9.17, 15) is 28.5 Å². The Labute approximate surface area is 153 Å². The van der Waals surface area contributed by atoms with E-state index < -0.39 is 22.5 Å². The Morgan fingerprint density at radius 1 is 1.19 bits per heavy atom. The molecule has 0 heterocycles. The van der Waals surface area contributed by atoms with E-state index in [1.165, 1.54) is 19.1 Å². The SMILES string of the molecule is Cc1c(NC(=O)CCCNC(=O)c2ccc(F)cc2F)cccc1[N+](=O)[O-]. The van der Waals surface area contributed by atoms with E-state index in [0.717, 1.165) is 12.1 Å². The van der Waals surface area contributed by atoms with Crippen molar-refractivity contribution in [1.29, 1.82) is 0 Å². The lowest BCUT2D eigenvalue weighted by Gasteiger charge is -2.09. The lowest BCUT2D eigenvalue weighted by atomic mass is 10.1. The van der Waals surface area contributed by atoms with Gasteiger partial charge in [0, 0.05) is 25.1 Å². The van der Waals surface area contributed by atoms with E-state index in [2.05, 4.69) is 10.6 Å². The molecule has 0 unspecified atom stereocenters. The number of carbonyl (C=O) groups is 2. The summed E-state index contributed by atoms with van der Waals surface area (Å²) in [6.07, 6.45) is 0.322. The molecule has 0 aliphatic rings. The summed E-state index contributed by atoms with van der Waals surface area (Å²) in [5, 5.41) is 15.9. The molecule has 0 aliphatic carbocycles. The van der Waals surface area contributed by atoms with Gasteiger partial charge in [0.1, 0.15) is 11.6 Å². The second-order valence-electron chi connectivity index (χ2n) is 5.74. The normalized spacial score (nSPS) is 10.3. The fraction of sp³-hybridized carbons (Fsp3) is 0.222.